The normalized spacial score (nSPS) is 21.7. The summed E-state index contributed by atoms with van der Waals surface area (Å²) in [6.07, 6.45) is 2.71. The Kier molecular flexibility index (Phi) is 4.64. The lowest BCUT2D eigenvalue weighted by Gasteiger charge is -2.15. The van der Waals surface area contributed by atoms with Gasteiger partial charge in [0.25, 0.3) is 5.91 Å². The van der Waals surface area contributed by atoms with Crippen molar-refractivity contribution in [1.82, 2.24) is 5.32 Å². The van der Waals surface area contributed by atoms with Crippen LogP contribution < -0.4 is 10.1 Å². The van der Waals surface area contributed by atoms with Gasteiger partial charge < -0.3 is 10.1 Å². The van der Waals surface area contributed by atoms with Crippen molar-refractivity contribution in [2.75, 3.05) is 6.61 Å². The first-order chi connectivity index (χ1) is 9.19. The summed E-state index contributed by atoms with van der Waals surface area (Å²) in [6, 6.07) is 9.03. The van der Waals surface area contributed by atoms with E-state index in [1.54, 1.807) is 24.3 Å². The first-order valence-electron chi connectivity index (χ1n) is 6.26. The Morgan fingerprint density at radius 1 is 1.42 bits per heavy atom. The summed E-state index contributed by atoms with van der Waals surface area (Å²) in [5.41, 5.74) is 0. The molecule has 0 heterocycles. The van der Waals surface area contributed by atoms with Crippen LogP contribution in [0.3, 0.4) is 0 Å². The molecule has 4 nitrogen and oxygen atoms in total. The number of halogens is 1. The van der Waals surface area contributed by atoms with Crippen molar-refractivity contribution in [3.05, 3.63) is 29.3 Å². The molecule has 1 aromatic carbocycles. The third-order valence-electron chi connectivity index (χ3n) is 3.21. The van der Waals surface area contributed by atoms with Crippen LogP contribution in [0.2, 0.25) is 5.02 Å². The molecule has 2 unspecified atom stereocenters. The number of hydrogen-bond donors (Lipinski definition) is 1. The molecule has 1 amide bonds. The second-order valence-corrected chi connectivity index (χ2v) is 5.02. The minimum Gasteiger partial charge on any atom is -0.484 e. The van der Waals surface area contributed by atoms with Gasteiger partial charge in [0.15, 0.2) is 6.61 Å². The number of nitriles is 1. The molecular formula is C14H15ClN2O2. The molecule has 0 bridgehead atoms. The molecule has 100 valence electrons. The van der Waals surface area contributed by atoms with Crippen LogP contribution in [-0.2, 0) is 4.79 Å². The van der Waals surface area contributed by atoms with E-state index in [2.05, 4.69) is 11.4 Å². The minimum absolute atomic E-state index is 0.0358. The molecule has 1 N–H and O–H groups in total. The van der Waals surface area contributed by atoms with Crippen LogP contribution in [0, 0.1) is 17.2 Å². The highest BCUT2D eigenvalue weighted by Crippen LogP contribution is 2.24. The number of nitrogens with one attached hydrogen (secondary N) is 1. The fraction of sp³-hybridized carbons (Fsp3) is 0.429. The summed E-state index contributed by atoms with van der Waals surface area (Å²) in [5.74, 6) is 0.337. The van der Waals surface area contributed by atoms with Gasteiger partial charge in [0.05, 0.1) is 12.0 Å². The summed E-state index contributed by atoms with van der Waals surface area (Å²) in [4.78, 5) is 11.7. The van der Waals surface area contributed by atoms with Gasteiger partial charge in [0.2, 0.25) is 0 Å². The summed E-state index contributed by atoms with van der Waals surface area (Å²) in [6.45, 7) is -0.0454. The second-order valence-electron chi connectivity index (χ2n) is 4.58. The Balaban J connectivity index is 1.79. The first-order valence-corrected chi connectivity index (χ1v) is 6.64. The zero-order valence-corrected chi connectivity index (χ0v) is 11.2. The van der Waals surface area contributed by atoms with Crippen molar-refractivity contribution in [3.8, 4) is 11.8 Å². The summed E-state index contributed by atoms with van der Waals surface area (Å²) >= 11 is 5.75. The van der Waals surface area contributed by atoms with Crippen LogP contribution >= 0.6 is 11.6 Å². The molecule has 0 saturated heterocycles. The molecule has 1 aliphatic rings. The maximum Gasteiger partial charge on any atom is 0.258 e. The van der Waals surface area contributed by atoms with Gasteiger partial charge in [0.1, 0.15) is 5.75 Å². The Hall–Kier alpha value is -1.73. The number of hydrogen-bond acceptors (Lipinski definition) is 3. The molecule has 2 atom stereocenters. The lowest BCUT2D eigenvalue weighted by Crippen LogP contribution is -2.39. The molecule has 1 fully saturated rings. The van der Waals surface area contributed by atoms with E-state index in [-0.39, 0.29) is 24.5 Å². The molecule has 1 aliphatic carbocycles. The fourth-order valence-electron chi connectivity index (χ4n) is 2.22. The highest BCUT2D eigenvalue weighted by atomic mass is 35.5. The van der Waals surface area contributed by atoms with Crippen LogP contribution in [-0.4, -0.2) is 18.6 Å². The van der Waals surface area contributed by atoms with Gasteiger partial charge in [-0.15, -0.1) is 0 Å². The second kappa shape index (κ2) is 6.44. The minimum atomic E-state index is -0.192. The molecule has 5 heteroatoms. The molecule has 0 radical (unpaired) electrons. The average molecular weight is 279 g/mol. The molecule has 0 spiro atoms. The van der Waals surface area contributed by atoms with Crippen LogP contribution in [0.4, 0.5) is 0 Å². The zero-order valence-electron chi connectivity index (χ0n) is 10.4. The number of amides is 1. The Morgan fingerprint density at radius 2 is 2.16 bits per heavy atom. The van der Waals surface area contributed by atoms with Crippen LogP contribution in [0.5, 0.6) is 5.75 Å². The summed E-state index contributed by atoms with van der Waals surface area (Å²) in [7, 11) is 0. The smallest absolute Gasteiger partial charge is 0.258 e. The monoisotopic (exact) mass is 278 g/mol. The van der Waals surface area contributed by atoms with Gasteiger partial charge in [0, 0.05) is 11.1 Å². The fourth-order valence-corrected chi connectivity index (χ4v) is 2.34. The topological polar surface area (TPSA) is 62.1 Å². The van der Waals surface area contributed by atoms with E-state index in [1.807, 2.05) is 0 Å². The molecule has 1 aromatic rings. The van der Waals surface area contributed by atoms with Gasteiger partial charge in [-0.3, -0.25) is 4.79 Å². The molecule has 0 aromatic heterocycles. The average Bonchev–Trinajstić information content (AvgIpc) is 2.85. The predicted molar refractivity (Wildman–Crippen MR) is 71.8 cm³/mol. The number of ether oxygens (including phenoxy) is 1. The summed E-state index contributed by atoms with van der Waals surface area (Å²) in [5, 5.41) is 12.4. The maximum absolute atomic E-state index is 11.7. The SMILES string of the molecule is N#CC1CCCC1NC(=O)COc1ccc(Cl)cc1. The zero-order chi connectivity index (χ0) is 13.7. The van der Waals surface area contributed by atoms with Gasteiger partial charge >= 0.3 is 0 Å². The number of benzene rings is 1. The van der Waals surface area contributed by atoms with Crippen LogP contribution in [0.1, 0.15) is 19.3 Å². The van der Waals surface area contributed by atoms with Crippen molar-refractivity contribution < 1.29 is 9.53 Å². The third kappa shape index (κ3) is 3.87. The number of carbonyl (C=O) groups excluding carboxylic acids is 1. The lowest BCUT2D eigenvalue weighted by atomic mass is 10.1. The lowest BCUT2D eigenvalue weighted by molar-refractivity contribution is -0.123. The van der Waals surface area contributed by atoms with Gasteiger partial charge in [-0.05, 0) is 43.5 Å². The summed E-state index contributed by atoms with van der Waals surface area (Å²) < 4.78 is 5.35. The third-order valence-corrected chi connectivity index (χ3v) is 3.46. The quantitative estimate of drug-likeness (QED) is 0.920. The van der Waals surface area contributed by atoms with Crippen molar-refractivity contribution in [2.45, 2.75) is 25.3 Å². The standard InChI is InChI=1S/C14H15ClN2O2/c15-11-4-6-12(7-5-11)19-9-14(18)17-13-3-1-2-10(13)8-16/h4-7,10,13H,1-3,9H2,(H,17,18). The Bertz CT molecular complexity index is 481. The van der Waals surface area contributed by atoms with E-state index >= 15 is 0 Å². The number of carbonyl (C=O) groups is 1. The van der Waals surface area contributed by atoms with E-state index in [4.69, 9.17) is 21.6 Å². The molecule has 1 saturated carbocycles. The Labute approximate surface area is 117 Å². The van der Waals surface area contributed by atoms with Gasteiger partial charge in [-0.1, -0.05) is 11.6 Å². The maximum atomic E-state index is 11.7. The Morgan fingerprint density at radius 3 is 2.84 bits per heavy atom. The van der Waals surface area contributed by atoms with Crippen molar-refractivity contribution in [2.24, 2.45) is 5.92 Å². The van der Waals surface area contributed by atoms with Crippen LogP contribution in [0.25, 0.3) is 0 Å². The predicted octanol–water partition coefficient (Wildman–Crippen LogP) is 2.53. The highest BCUT2D eigenvalue weighted by molar-refractivity contribution is 6.30. The van der Waals surface area contributed by atoms with E-state index in [0.717, 1.165) is 19.3 Å². The highest BCUT2D eigenvalue weighted by Gasteiger charge is 2.28. The molecule has 2 rings (SSSR count). The van der Waals surface area contributed by atoms with E-state index < -0.39 is 0 Å². The van der Waals surface area contributed by atoms with E-state index in [0.29, 0.717) is 10.8 Å². The number of nitrogens with zero attached hydrogens (tertiary/aromatic N) is 1. The van der Waals surface area contributed by atoms with Gasteiger partial charge in [-0.25, -0.2) is 0 Å². The van der Waals surface area contributed by atoms with Gasteiger partial charge in [-0.2, -0.15) is 5.26 Å². The number of rotatable bonds is 4. The molecule has 0 aliphatic heterocycles. The van der Waals surface area contributed by atoms with E-state index in [9.17, 15) is 4.79 Å². The van der Waals surface area contributed by atoms with Crippen molar-refractivity contribution >= 4 is 17.5 Å². The molecular weight excluding hydrogens is 264 g/mol. The first kappa shape index (κ1) is 13.7. The molecule has 19 heavy (non-hydrogen) atoms. The largest absolute Gasteiger partial charge is 0.484 e. The van der Waals surface area contributed by atoms with Crippen molar-refractivity contribution in [3.63, 3.8) is 0 Å². The van der Waals surface area contributed by atoms with Crippen molar-refractivity contribution in [1.29, 1.82) is 5.26 Å². The van der Waals surface area contributed by atoms with Crippen LogP contribution in [0.15, 0.2) is 24.3 Å². The van der Waals surface area contributed by atoms with E-state index in [1.165, 1.54) is 0 Å².